The van der Waals surface area contributed by atoms with E-state index in [2.05, 4.69) is 15.9 Å². The van der Waals surface area contributed by atoms with Crippen molar-refractivity contribution in [2.24, 2.45) is 0 Å². The molecule has 0 aliphatic carbocycles. The van der Waals surface area contributed by atoms with Crippen molar-refractivity contribution in [1.82, 2.24) is 4.90 Å². The van der Waals surface area contributed by atoms with Crippen molar-refractivity contribution in [3.63, 3.8) is 0 Å². The van der Waals surface area contributed by atoms with Crippen molar-refractivity contribution < 1.29 is 9.53 Å². The minimum Gasteiger partial charge on any atom is -0.488 e. The van der Waals surface area contributed by atoms with Crippen molar-refractivity contribution in [2.75, 3.05) is 11.9 Å². The lowest BCUT2D eigenvalue weighted by atomic mass is 10.1. The number of halogens is 1. The molecule has 3 aromatic rings. The number of rotatable bonds is 5. The molecule has 3 aromatic carbocycles. The van der Waals surface area contributed by atoms with Crippen molar-refractivity contribution in [3.05, 3.63) is 100 Å². The third-order valence-corrected chi connectivity index (χ3v) is 5.73. The van der Waals surface area contributed by atoms with Crippen molar-refractivity contribution in [1.29, 1.82) is 0 Å². The zero-order chi connectivity index (χ0) is 21.1. The van der Waals surface area contributed by atoms with E-state index < -0.39 is 0 Å². The molecule has 1 fully saturated rings. The van der Waals surface area contributed by atoms with Gasteiger partial charge in [-0.3, -0.25) is 9.69 Å². The van der Waals surface area contributed by atoms with Gasteiger partial charge in [0.25, 0.3) is 5.91 Å². The summed E-state index contributed by atoms with van der Waals surface area (Å²) in [4.78, 5) is 16.5. The van der Waals surface area contributed by atoms with Crippen LogP contribution in [0.5, 0.6) is 5.75 Å². The second-order valence-corrected chi connectivity index (χ2v) is 8.08. The van der Waals surface area contributed by atoms with E-state index in [9.17, 15) is 4.79 Å². The molecule has 0 N–H and O–H groups in total. The maximum absolute atomic E-state index is 13.2. The molecule has 0 atom stereocenters. The van der Waals surface area contributed by atoms with Crippen LogP contribution in [0.2, 0.25) is 0 Å². The molecule has 1 aliphatic heterocycles. The molecule has 1 saturated heterocycles. The van der Waals surface area contributed by atoms with E-state index in [-0.39, 0.29) is 5.91 Å². The van der Waals surface area contributed by atoms with Gasteiger partial charge in [0.15, 0.2) is 5.11 Å². The summed E-state index contributed by atoms with van der Waals surface area (Å²) in [5, 5.41) is 0.444. The van der Waals surface area contributed by atoms with Gasteiger partial charge in [0.2, 0.25) is 0 Å². The van der Waals surface area contributed by atoms with Gasteiger partial charge in [-0.25, -0.2) is 0 Å². The number of ether oxygens (including phenoxy) is 1. The fourth-order valence-electron chi connectivity index (χ4n) is 3.21. The normalized spacial score (nSPS) is 15.2. The first-order valence-corrected chi connectivity index (χ1v) is 10.6. The number of anilines is 1. The lowest BCUT2D eigenvalue weighted by molar-refractivity contribution is -0.114. The quantitative estimate of drug-likeness (QED) is 0.351. The van der Waals surface area contributed by atoms with Gasteiger partial charge >= 0.3 is 0 Å². The van der Waals surface area contributed by atoms with Crippen molar-refractivity contribution in [2.45, 2.75) is 6.61 Å². The number of likely N-dealkylation sites (N-methyl/N-ethyl adjacent to an activating group) is 1. The first kappa shape index (κ1) is 20.3. The summed E-state index contributed by atoms with van der Waals surface area (Å²) in [6.07, 6.45) is 1.82. The molecule has 0 aromatic heterocycles. The van der Waals surface area contributed by atoms with Crippen LogP contribution >= 0.6 is 28.1 Å². The van der Waals surface area contributed by atoms with E-state index in [1.54, 1.807) is 16.8 Å². The summed E-state index contributed by atoms with van der Waals surface area (Å²) < 4.78 is 6.96. The Bertz CT molecular complexity index is 1120. The van der Waals surface area contributed by atoms with Crippen LogP contribution < -0.4 is 9.64 Å². The molecule has 0 unspecified atom stereocenters. The molecule has 1 amide bonds. The van der Waals surface area contributed by atoms with Gasteiger partial charge in [0.1, 0.15) is 18.1 Å². The number of benzene rings is 3. The number of hydrogen-bond donors (Lipinski definition) is 0. The Labute approximate surface area is 189 Å². The zero-order valence-corrected chi connectivity index (χ0v) is 18.7. The Morgan fingerprint density at radius 1 is 1.00 bits per heavy atom. The van der Waals surface area contributed by atoms with Crippen LogP contribution in [0.4, 0.5) is 5.69 Å². The van der Waals surface area contributed by atoms with E-state index in [0.717, 1.165) is 21.3 Å². The molecule has 1 heterocycles. The molecule has 0 saturated carbocycles. The van der Waals surface area contributed by atoms with Gasteiger partial charge in [-0.1, -0.05) is 64.5 Å². The Kier molecular flexibility index (Phi) is 5.97. The third kappa shape index (κ3) is 4.15. The molecule has 4 rings (SSSR count). The van der Waals surface area contributed by atoms with Gasteiger partial charge in [0.05, 0.1) is 5.69 Å². The molecule has 4 nitrogen and oxygen atoms in total. The third-order valence-electron chi connectivity index (χ3n) is 4.78. The zero-order valence-electron chi connectivity index (χ0n) is 16.3. The van der Waals surface area contributed by atoms with E-state index >= 15 is 0 Å². The minimum atomic E-state index is -0.164. The molecular formula is C24H19BrN2O2S. The Hall–Kier alpha value is -2.96. The van der Waals surface area contributed by atoms with E-state index in [1.807, 2.05) is 84.9 Å². The van der Waals surface area contributed by atoms with E-state index in [4.69, 9.17) is 17.0 Å². The minimum absolute atomic E-state index is 0.164. The van der Waals surface area contributed by atoms with Crippen LogP contribution in [0.3, 0.4) is 0 Å². The van der Waals surface area contributed by atoms with Crippen LogP contribution in [-0.4, -0.2) is 23.0 Å². The second kappa shape index (κ2) is 8.81. The highest BCUT2D eigenvalue weighted by molar-refractivity contribution is 9.10. The SMILES string of the molecule is CN1C(=S)N(c2ccccc2)C(=O)/C1=C/c1cc(Br)ccc1OCc1ccccc1. The fourth-order valence-corrected chi connectivity index (χ4v) is 3.87. The van der Waals surface area contributed by atoms with Gasteiger partial charge in [-0.05, 0) is 54.2 Å². The van der Waals surface area contributed by atoms with Crippen molar-refractivity contribution >= 4 is 50.9 Å². The number of thiocarbonyl (C=S) groups is 1. The van der Waals surface area contributed by atoms with Gasteiger partial charge in [-0.2, -0.15) is 0 Å². The van der Waals surface area contributed by atoms with E-state index in [1.165, 1.54) is 0 Å². The molecule has 0 radical (unpaired) electrons. The number of para-hydroxylation sites is 1. The summed E-state index contributed by atoms with van der Waals surface area (Å²) in [5.41, 5.74) is 3.11. The first-order valence-electron chi connectivity index (χ1n) is 9.40. The summed E-state index contributed by atoms with van der Waals surface area (Å²) in [7, 11) is 1.80. The number of carbonyl (C=O) groups is 1. The van der Waals surface area contributed by atoms with Crippen LogP contribution in [0, 0.1) is 0 Å². The van der Waals surface area contributed by atoms with Gasteiger partial charge in [0, 0.05) is 17.1 Å². The predicted molar refractivity (Wildman–Crippen MR) is 127 cm³/mol. The summed E-state index contributed by atoms with van der Waals surface area (Å²) in [6.45, 7) is 0.441. The first-order chi connectivity index (χ1) is 14.5. The molecule has 30 heavy (non-hydrogen) atoms. The maximum atomic E-state index is 13.2. The van der Waals surface area contributed by atoms with Crippen LogP contribution in [0.25, 0.3) is 6.08 Å². The standard InChI is InChI=1S/C24H19BrN2O2S/c1-26-21(23(28)27(24(26)30)20-10-6-3-7-11-20)15-18-14-19(25)12-13-22(18)29-16-17-8-4-2-5-9-17/h2-15H,16H2,1H3/b21-15-. The number of amides is 1. The van der Waals surface area contributed by atoms with Crippen molar-refractivity contribution in [3.8, 4) is 5.75 Å². The van der Waals surface area contributed by atoms with Gasteiger partial charge in [-0.15, -0.1) is 0 Å². The maximum Gasteiger partial charge on any atom is 0.281 e. The highest BCUT2D eigenvalue weighted by Gasteiger charge is 2.36. The highest BCUT2D eigenvalue weighted by Crippen LogP contribution is 2.31. The molecule has 0 spiro atoms. The summed E-state index contributed by atoms with van der Waals surface area (Å²) in [6, 6.07) is 25.1. The van der Waals surface area contributed by atoms with Gasteiger partial charge < -0.3 is 9.64 Å². The Morgan fingerprint density at radius 3 is 2.37 bits per heavy atom. The molecular weight excluding hydrogens is 460 g/mol. The molecule has 150 valence electrons. The predicted octanol–water partition coefficient (Wildman–Crippen LogP) is 5.63. The number of carbonyl (C=O) groups excluding carboxylic acids is 1. The number of nitrogens with zero attached hydrogens (tertiary/aromatic N) is 2. The molecule has 0 bridgehead atoms. The lowest BCUT2D eigenvalue weighted by Gasteiger charge is -2.16. The molecule has 6 heteroatoms. The van der Waals surface area contributed by atoms with Crippen LogP contribution in [0.15, 0.2) is 89.0 Å². The Morgan fingerprint density at radius 2 is 1.67 bits per heavy atom. The van der Waals surface area contributed by atoms with Crippen LogP contribution in [-0.2, 0) is 11.4 Å². The highest BCUT2D eigenvalue weighted by atomic mass is 79.9. The average molecular weight is 479 g/mol. The molecule has 1 aliphatic rings. The smallest absolute Gasteiger partial charge is 0.281 e. The average Bonchev–Trinajstić information content (AvgIpc) is 2.97. The fraction of sp³-hybridized carbons (Fsp3) is 0.0833. The summed E-state index contributed by atoms with van der Waals surface area (Å²) >= 11 is 9.05. The van der Waals surface area contributed by atoms with Crippen LogP contribution in [0.1, 0.15) is 11.1 Å². The monoisotopic (exact) mass is 478 g/mol. The second-order valence-electron chi connectivity index (χ2n) is 6.80. The topological polar surface area (TPSA) is 32.8 Å². The summed E-state index contributed by atoms with van der Waals surface area (Å²) in [5.74, 6) is 0.530. The number of hydrogen-bond acceptors (Lipinski definition) is 3. The largest absolute Gasteiger partial charge is 0.488 e. The lowest BCUT2D eigenvalue weighted by Crippen LogP contribution is -2.30. The van der Waals surface area contributed by atoms with E-state index in [0.29, 0.717) is 23.2 Å². The Balaban J connectivity index is 1.66.